The van der Waals surface area contributed by atoms with Crippen LogP contribution in [-0.4, -0.2) is 101 Å². The molecule has 1 aromatic heterocycles. The zero-order valence-corrected chi connectivity index (χ0v) is 23.2. The van der Waals surface area contributed by atoms with Crippen LogP contribution in [0.2, 0.25) is 0 Å². The molecule has 5 rings (SSSR count). The van der Waals surface area contributed by atoms with Crippen LogP contribution in [0, 0.1) is 0 Å². The summed E-state index contributed by atoms with van der Waals surface area (Å²) in [5.74, 6) is 1.78. The number of ether oxygens (including phenoxy) is 2. The van der Waals surface area contributed by atoms with Crippen LogP contribution >= 0.6 is 0 Å². The van der Waals surface area contributed by atoms with E-state index in [0.29, 0.717) is 56.6 Å². The molecule has 3 aliphatic rings. The smallest absolute Gasteiger partial charge is 0.249 e. The fraction of sp³-hybridized carbons (Fsp3) is 0.538. The summed E-state index contributed by atoms with van der Waals surface area (Å²) in [5, 5.41) is 3.28. The van der Waals surface area contributed by atoms with Crippen molar-refractivity contribution in [2.24, 2.45) is 0 Å². The van der Waals surface area contributed by atoms with Gasteiger partial charge in [-0.1, -0.05) is 0 Å². The van der Waals surface area contributed by atoms with Crippen molar-refractivity contribution < 1.29 is 22.7 Å². The molecule has 0 aliphatic carbocycles. The second-order valence-electron chi connectivity index (χ2n) is 10.1. The van der Waals surface area contributed by atoms with E-state index < -0.39 is 10.0 Å². The number of pyridine rings is 1. The van der Waals surface area contributed by atoms with Gasteiger partial charge < -0.3 is 29.5 Å². The van der Waals surface area contributed by atoms with Crippen molar-refractivity contribution >= 4 is 38.9 Å². The van der Waals surface area contributed by atoms with Crippen molar-refractivity contribution in [2.75, 3.05) is 75.7 Å². The molecular weight excluding hydrogens is 508 g/mol. The van der Waals surface area contributed by atoms with Gasteiger partial charge in [0, 0.05) is 52.5 Å². The molecule has 11 nitrogen and oxygen atoms in total. The Kier molecular flexibility index (Phi) is 7.49. The topological polar surface area (TPSA) is 108 Å². The second-order valence-corrected chi connectivity index (χ2v) is 12.0. The number of nitrogens with zero attached hydrogens (tertiary/aromatic N) is 5. The zero-order chi connectivity index (χ0) is 27.0. The van der Waals surface area contributed by atoms with Gasteiger partial charge in [-0.15, -0.1) is 0 Å². The molecule has 2 saturated heterocycles. The quantitative estimate of drug-likeness (QED) is 0.585. The number of anilines is 4. The van der Waals surface area contributed by atoms with Crippen molar-refractivity contribution in [1.82, 2.24) is 14.2 Å². The van der Waals surface area contributed by atoms with E-state index in [1.165, 1.54) is 4.31 Å². The Bertz CT molecular complexity index is 1290. The van der Waals surface area contributed by atoms with Crippen LogP contribution < -0.4 is 19.9 Å². The Morgan fingerprint density at radius 3 is 2.45 bits per heavy atom. The van der Waals surface area contributed by atoms with Crippen LogP contribution in [0.5, 0.6) is 5.75 Å². The number of nitrogens with one attached hydrogen (secondary N) is 1. The first kappa shape index (κ1) is 26.7. The van der Waals surface area contributed by atoms with Gasteiger partial charge in [0.15, 0.2) is 5.82 Å². The Balaban J connectivity index is 1.48. The predicted molar refractivity (Wildman–Crippen MR) is 146 cm³/mol. The second kappa shape index (κ2) is 10.7. The third kappa shape index (κ3) is 4.93. The van der Waals surface area contributed by atoms with Gasteiger partial charge in [-0.3, -0.25) is 4.79 Å². The maximum atomic E-state index is 13.4. The van der Waals surface area contributed by atoms with Gasteiger partial charge in [-0.25, -0.2) is 13.4 Å². The van der Waals surface area contributed by atoms with Crippen molar-refractivity contribution in [3.63, 3.8) is 0 Å². The molecule has 1 atom stereocenters. The molecule has 0 unspecified atom stereocenters. The van der Waals surface area contributed by atoms with Gasteiger partial charge in [0.05, 0.1) is 23.4 Å². The van der Waals surface area contributed by atoms with Crippen molar-refractivity contribution in [3.05, 3.63) is 30.3 Å². The Morgan fingerprint density at radius 1 is 1.05 bits per heavy atom. The molecule has 1 N–H and O–H groups in total. The number of benzene rings is 1. The molecule has 2 aromatic rings. The Morgan fingerprint density at radius 2 is 1.76 bits per heavy atom. The van der Waals surface area contributed by atoms with Gasteiger partial charge in [-0.2, -0.15) is 4.31 Å². The number of carbonyl (C=O) groups is 1. The predicted octanol–water partition coefficient (Wildman–Crippen LogP) is 2.12. The zero-order valence-electron chi connectivity index (χ0n) is 22.4. The third-order valence-corrected chi connectivity index (χ3v) is 9.58. The molecule has 3 aliphatic heterocycles. The molecule has 0 saturated carbocycles. The number of hydrogen-bond acceptors (Lipinski definition) is 9. The number of hydrogen-bond donors (Lipinski definition) is 1. The Hall–Kier alpha value is -2.93. The van der Waals surface area contributed by atoms with E-state index >= 15 is 0 Å². The van der Waals surface area contributed by atoms with Crippen LogP contribution in [0.15, 0.2) is 35.2 Å². The molecule has 206 valence electrons. The fourth-order valence-electron chi connectivity index (χ4n) is 5.38. The fourth-order valence-corrected chi connectivity index (χ4v) is 6.83. The minimum Gasteiger partial charge on any atom is -0.495 e. The standard InChI is InChI=1S/C26H36N6O5S/c1-18-26(33)30(3)22-6-8-24(28-25(22)32(18)19-9-15-37-16-10-19)27-21-17-20(5-7-23(21)36-4)38(34,35)31-13-11-29(2)12-14-31/h5-8,17-19H,9-16H2,1-4H3,(H,27,28)/t18-/m1/s1. The molecule has 38 heavy (non-hydrogen) atoms. The van der Waals surface area contributed by atoms with Crippen LogP contribution in [0.1, 0.15) is 19.8 Å². The van der Waals surface area contributed by atoms with Crippen molar-refractivity contribution in [3.8, 4) is 5.75 Å². The number of methoxy groups -OCH3 is 1. The SMILES string of the molecule is COc1ccc(S(=O)(=O)N2CCN(C)CC2)cc1Nc1ccc2c(n1)N(C1CCOCC1)[C@H](C)C(=O)N2C. The number of likely N-dealkylation sites (N-methyl/N-ethyl adjacent to an activating group) is 2. The number of sulfonamides is 1. The minimum atomic E-state index is -3.66. The van der Waals surface area contributed by atoms with Crippen molar-refractivity contribution in [2.45, 2.75) is 36.7 Å². The monoisotopic (exact) mass is 544 g/mol. The van der Waals surface area contributed by atoms with E-state index in [0.717, 1.165) is 24.3 Å². The van der Waals surface area contributed by atoms with E-state index in [9.17, 15) is 13.2 Å². The largest absolute Gasteiger partial charge is 0.495 e. The van der Waals surface area contributed by atoms with Crippen molar-refractivity contribution in [1.29, 1.82) is 0 Å². The molecular formula is C26H36N6O5S. The average molecular weight is 545 g/mol. The average Bonchev–Trinajstić information content (AvgIpc) is 2.92. The van der Waals surface area contributed by atoms with E-state index in [-0.39, 0.29) is 22.9 Å². The highest BCUT2D eigenvalue weighted by molar-refractivity contribution is 7.89. The molecule has 4 heterocycles. The van der Waals surface area contributed by atoms with E-state index in [4.69, 9.17) is 14.5 Å². The highest BCUT2D eigenvalue weighted by Gasteiger charge is 2.39. The number of amides is 1. The van der Waals surface area contributed by atoms with Gasteiger partial charge in [-0.05, 0) is 57.1 Å². The summed E-state index contributed by atoms with van der Waals surface area (Å²) in [6.45, 7) is 5.50. The maximum Gasteiger partial charge on any atom is 0.249 e. The van der Waals surface area contributed by atoms with Crippen LogP contribution in [0.3, 0.4) is 0 Å². The van der Waals surface area contributed by atoms with E-state index in [1.54, 1.807) is 43.3 Å². The molecule has 2 fully saturated rings. The summed E-state index contributed by atoms with van der Waals surface area (Å²) >= 11 is 0. The molecule has 0 bridgehead atoms. The lowest BCUT2D eigenvalue weighted by Gasteiger charge is -2.44. The molecule has 0 spiro atoms. The van der Waals surface area contributed by atoms with Gasteiger partial charge in [0.2, 0.25) is 15.9 Å². The van der Waals surface area contributed by atoms with Crippen LogP contribution in [0.25, 0.3) is 0 Å². The summed E-state index contributed by atoms with van der Waals surface area (Å²) in [6.07, 6.45) is 1.64. The third-order valence-electron chi connectivity index (χ3n) is 7.68. The van der Waals surface area contributed by atoms with Gasteiger partial charge in [0.1, 0.15) is 17.6 Å². The van der Waals surface area contributed by atoms with Crippen LogP contribution in [-0.2, 0) is 19.6 Å². The Labute approximate surface area is 224 Å². The molecule has 0 radical (unpaired) electrons. The molecule has 12 heteroatoms. The summed E-state index contributed by atoms with van der Waals surface area (Å²) in [7, 11) is 1.65. The maximum absolute atomic E-state index is 13.4. The highest BCUT2D eigenvalue weighted by atomic mass is 32.2. The summed E-state index contributed by atoms with van der Waals surface area (Å²) in [6, 6.07) is 8.29. The summed E-state index contributed by atoms with van der Waals surface area (Å²) in [5.41, 5.74) is 1.24. The van der Waals surface area contributed by atoms with E-state index in [1.807, 2.05) is 20.0 Å². The first-order valence-corrected chi connectivity index (χ1v) is 14.4. The number of carbonyl (C=O) groups excluding carboxylic acids is 1. The molecule has 1 aromatic carbocycles. The number of fused-ring (bicyclic) bond motifs is 1. The lowest BCUT2D eigenvalue weighted by molar-refractivity contribution is -0.119. The number of aromatic nitrogens is 1. The number of rotatable bonds is 6. The van der Waals surface area contributed by atoms with E-state index in [2.05, 4.69) is 15.1 Å². The first-order valence-electron chi connectivity index (χ1n) is 13.0. The normalized spacial score (nSPS) is 21.9. The first-order chi connectivity index (χ1) is 18.2. The van der Waals surface area contributed by atoms with Gasteiger partial charge in [0.25, 0.3) is 0 Å². The highest BCUT2D eigenvalue weighted by Crippen LogP contribution is 2.39. The lowest BCUT2D eigenvalue weighted by Crippen LogP contribution is -2.56. The summed E-state index contributed by atoms with van der Waals surface area (Å²) in [4.78, 5) is 24.0. The summed E-state index contributed by atoms with van der Waals surface area (Å²) < 4.78 is 39.4. The number of piperazine rings is 1. The van der Waals surface area contributed by atoms with Gasteiger partial charge >= 0.3 is 0 Å². The lowest BCUT2D eigenvalue weighted by atomic mass is 10.0. The van der Waals surface area contributed by atoms with Crippen LogP contribution in [0.4, 0.5) is 23.0 Å². The minimum absolute atomic E-state index is 0.0231. The molecule has 1 amide bonds.